The number of hydrogen-bond acceptors (Lipinski definition) is 7. The van der Waals surface area contributed by atoms with E-state index in [4.69, 9.17) is 14.2 Å². The lowest BCUT2D eigenvalue weighted by Crippen LogP contribution is -2.30. The zero-order valence-corrected chi connectivity index (χ0v) is 25.4. The molecule has 0 aliphatic carbocycles. The van der Waals surface area contributed by atoms with Crippen molar-refractivity contribution >= 4 is 46.9 Å². The van der Waals surface area contributed by atoms with Crippen LogP contribution in [0.3, 0.4) is 0 Å². The van der Waals surface area contributed by atoms with Gasteiger partial charge in [0.15, 0.2) is 11.5 Å². The van der Waals surface area contributed by atoms with E-state index >= 15 is 0 Å². The molecule has 0 radical (unpaired) electrons. The SMILES string of the molecule is CCOc1ccc(NC(=O)CSc2ccc(NC(=O)/C(=C/c3ccc(OC)c(OC)c3)NC(=O)c3ccccc3)cc2)cc1. The van der Waals surface area contributed by atoms with Gasteiger partial charge in [-0.3, -0.25) is 14.4 Å². The van der Waals surface area contributed by atoms with Crippen molar-refractivity contribution in [3.05, 3.63) is 114 Å². The van der Waals surface area contributed by atoms with Gasteiger partial charge in [0.1, 0.15) is 11.4 Å². The van der Waals surface area contributed by atoms with Gasteiger partial charge in [-0.2, -0.15) is 0 Å². The lowest BCUT2D eigenvalue weighted by Gasteiger charge is -2.13. The van der Waals surface area contributed by atoms with E-state index in [1.807, 2.05) is 19.1 Å². The summed E-state index contributed by atoms with van der Waals surface area (Å²) < 4.78 is 16.1. The van der Waals surface area contributed by atoms with Crippen LogP contribution in [0.4, 0.5) is 11.4 Å². The van der Waals surface area contributed by atoms with Crippen molar-refractivity contribution in [3.63, 3.8) is 0 Å². The summed E-state index contributed by atoms with van der Waals surface area (Å²) in [6.07, 6.45) is 1.56. The molecule has 0 aliphatic rings. The largest absolute Gasteiger partial charge is 0.494 e. The van der Waals surface area contributed by atoms with Crippen molar-refractivity contribution in [2.24, 2.45) is 0 Å². The van der Waals surface area contributed by atoms with Crippen LogP contribution in [-0.2, 0) is 9.59 Å². The first kappa shape index (κ1) is 31.7. The van der Waals surface area contributed by atoms with Crippen LogP contribution in [0.5, 0.6) is 17.2 Å². The molecule has 0 saturated heterocycles. The maximum Gasteiger partial charge on any atom is 0.272 e. The maximum absolute atomic E-state index is 13.4. The second kappa shape index (κ2) is 15.9. The van der Waals surface area contributed by atoms with E-state index in [-0.39, 0.29) is 17.4 Å². The average molecular weight is 612 g/mol. The van der Waals surface area contributed by atoms with E-state index in [1.54, 1.807) is 91.0 Å². The summed E-state index contributed by atoms with van der Waals surface area (Å²) >= 11 is 1.37. The summed E-state index contributed by atoms with van der Waals surface area (Å²) in [6.45, 7) is 2.49. The summed E-state index contributed by atoms with van der Waals surface area (Å²) in [5.41, 5.74) is 2.28. The van der Waals surface area contributed by atoms with Crippen molar-refractivity contribution in [2.45, 2.75) is 11.8 Å². The number of ether oxygens (including phenoxy) is 3. The van der Waals surface area contributed by atoms with Gasteiger partial charge in [0.25, 0.3) is 11.8 Å². The molecule has 44 heavy (non-hydrogen) atoms. The Kier molecular flexibility index (Phi) is 11.4. The number of thioether (sulfide) groups is 1. The minimum Gasteiger partial charge on any atom is -0.494 e. The molecule has 4 rings (SSSR count). The predicted octanol–water partition coefficient (Wildman–Crippen LogP) is 6.24. The highest BCUT2D eigenvalue weighted by Crippen LogP contribution is 2.28. The van der Waals surface area contributed by atoms with E-state index in [0.717, 1.165) is 10.6 Å². The Morgan fingerprint density at radius 3 is 2.09 bits per heavy atom. The minimum atomic E-state index is -0.515. The van der Waals surface area contributed by atoms with Gasteiger partial charge in [0, 0.05) is 21.8 Å². The van der Waals surface area contributed by atoms with Gasteiger partial charge in [-0.25, -0.2) is 0 Å². The fraction of sp³-hybridized carbons (Fsp3) is 0.147. The number of benzene rings is 4. The molecule has 0 atom stereocenters. The lowest BCUT2D eigenvalue weighted by atomic mass is 10.1. The Morgan fingerprint density at radius 2 is 1.43 bits per heavy atom. The summed E-state index contributed by atoms with van der Waals surface area (Å²) in [4.78, 5) is 39.6. The Labute approximate surface area is 260 Å². The number of rotatable bonds is 13. The van der Waals surface area contributed by atoms with Gasteiger partial charge in [-0.05, 0) is 91.4 Å². The zero-order valence-electron chi connectivity index (χ0n) is 24.6. The van der Waals surface area contributed by atoms with Gasteiger partial charge >= 0.3 is 0 Å². The third-order valence-electron chi connectivity index (χ3n) is 6.18. The number of nitrogens with one attached hydrogen (secondary N) is 3. The number of anilines is 2. The first-order valence-electron chi connectivity index (χ1n) is 13.8. The maximum atomic E-state index is 13.4. The van der Waals surface area contributed by atoms with Gasteiger partial charge < -0.3 is 30.2 Å². The van der Waals surface area contributed by atoms with Crippen molar-refractivity contribution < 1.29 is 28.6 Å². The van der Waals surface area contributed by atoms with Crippen LogP contribution in [0, 0.1) is 0 Å². The van der Waals surface area contributed by atoms with Gasteiger partial charge in [-0.15, -0.1) is 11.8 Å². The first-order valence-corrected chi connectivity index (χ1v) is 14.7. The van der Waals surface area contributed by atoms with Crippen molar-refractivity contribution in [2.75, 3.05) is 37.2 Å². The highest BCUT2D eigenvalue weighted by Gasteiger charge is 2.16. The van der Waals surface area contributed by atoms with Crippen molar-refractivity contribution in [1.29, 1.82) is 0 Å². The highest BCUT2D eigenvalue weighted by molar-refractivity contribution is 8.00. The van der Waals surface area contributed by atoms with Crippen LogP contribution >= 0.6 is 11.8 Å². The fourth-order valence-corrected chi connectivity index (χ4v) is 4.73. The Balaban J connectivity index is 1.41. The number of carbonyl (C=O) groups is 3. The molecule has 0 aromatic heterocycles. The smallest absolute Gasteiger partial charge is 0.272 e. The molecule has 10 heteroatoms. The quantitative estimate of drug-likeness (QED) is 0.121. The van der Waals surface area contributed by atoms with E-state index in [9.17, 15) is 14.4 Å². The third kappa shape index (κ3) is 9.14. The molecule has 0 saturated carbocycles. The van der Waals surface area contributed by atoms with E-state index < -0.39 is 11.8 Å². The Morgan fingerprint density at radius 1 is 0.773 bits per heavy atom. The van der Waals surface area contributed by atoms with Gasteiger partial charge in [-0.1, -0.05) is 24.3 Å². The number of amides is 3. The standard InChI is InChI=1S/C34H33N3O6S/c1-4-43-27-15-11-25(12-16-27)35-32(38)22-44-28-17-13-26(14-18-28)36-34(40)29(37-33(39)24-8-6-5-7-9-24)20-23-10-19-30(41-2)31(21-23)42-3/h5-21H,4,22H2,1-3H3,(H,35,38)(H,36,40)(H,37,39)/b29-20-. The lowest BCUT2D eigenvalue weighted by molar-refractivity contribution is -0.114. The number of hydrogen-bond donors (Lipinski definition) is 3. The van der Waals surface area contributed by atoms with E-state index in [2.05, 4.69) is 16.0 Å². The molecule has 3 amide bonds. The second-order valence-electron chi connectivity index (χ2n) is 9.27. The summed E-state index contributed by atoms with van der Waals surface area (Å²) in [6, 6.07) is 28.1. The van der Waals surface area contributed by atoms with Crippen LogP contribution < -0.4 is 30.2 Å². The topological polar surface area (TPSA) is 115 Å². The molecule has 4 aromatic carbocycles. The van der Waals surface area contributed by atoms with E-state index in [0.29, 0.717) is 40.6 Å². The molecule has 0 aliphatic heterocycles. The molecule has 0 heterocycles. The molecule has 0 unspecified atom stereocenters. The van der Waals surface area contributed by atoms with Crippen molar-refractivity contribution in [1.82, 2.24) is 5.32 Å². The monoisotopic (exact) mass is 611 g/mol. The van der Waals surface area contributed by atoms with Crippen LogP contribution in [0.1, 0.15) is 22.8 Å². The molecule has 0 spiro atoms. The molecule has 3 N–H and O–H groups in total. The number of methoxy groups -OCH3 is 2. The molecule has 4 aromatic rings. The molecule has 9 nitrogen and oxygen atoms in total. The van der Waals surface area contributed by atoms with Crippen LogP contribution in [0.15, 0.2) is 108 Å². The first-order chi connectivity index (χ1) is 21.4. The molecule has 0 fully saturated rings. The third-order valence-corrected chi connectivity index (χ3v) is 7.19. The summed E-state index contributed by atoms with van der Waals surface area (Å²) in [7, 11) is 3.06. The van der Waals surface area contributed by atoms with Crippen LogP contribution in [-0.4, -0.2) is 44.3 Å². The number of carbonyl (C=O) groups excluding carboxylic acids is 3. The minimum absolute atomic E-state index is 0.0375. The zero-order chi connectivity index (χ0) is 31.3. The molecular weight excluding hydrogens is 578 g/mol. The van der Waals surface area contributed by atoms with Gasteiger partial charge in [0.2, 0.25) is 5.91 Å². The second-order valence-corrected chi connectivity index (χ2v) is 10.3. The Bertz CT molecular complexity index is 1610. The van der Waals surface area contributed by atoms with E-state index in [1.165, 1.54) is 26.0 Å². The van der Waals surface area contributed by atoms with Gasteiger partial charge in [0.05, 0.1) is 26.6 Å². The highest BCUT2D eigenvalue weighted by atomic mass is 32.2. The van der Waals surface area contributed by atoms with Crippen LogP contribution in [0.25, 0.3) is 6.08 Å². The molecular formula is C34H33N3O6S. The summed E-state index contributed by atoms with van der Waals surface area (Å²) in [5, 5.41) is 8.42. The summed E-state index contributed by atoms with van der Waals surface area (Å²) in [5.74, 6) is 0.891. The molecule has 0 bridgehead atoms. The predicted molar refractivity (Wildman–Crippen MR) is 173 cm³/mol. The normalized spacial score (nSPS) is 10.8. The fourth-order valence-electron chi connectivity index (χ4n) is 4.03. The van der Waals surface area contributed by atoms with Crippen molar-refractivity contribution in [3.8, 4) is 17.2 Å². The molecule has 226 valence electrons. The Hall–Kier alpha value is -5.22. The van der Waals surface area contributed by atoms with Crippen LogP contribution in [0.2, 0.25) is 0 Å². The average Bonchev–Trinajstić information content (AvgIpc) is 3.05.